The number of methoxy groups -OCH3 is 1. The van der Waals surface area contributed by atoms with Crippen LogP contribution in [0.15, 0.2) is 12.1 Å². The lowest BCUT2D eigenvalue weighted by Gasteiger charge is -2.21. The number of hydrogen-bond acceptors (Lipinski definition) is 2. The van der Waals surface area contributed by atoms with Gasteiger partial charge < -0.3 is 10.1 Å². The SMILES string of the molecule is COC(C)C(C)Nc1ccc(F)c(F)c1F. The van der Waals surface area contributed by atoms with Gasteiger partial charge >= 0.3 is 0 Å². The van der Waals surface area contributed by atoms with Gasteiger partial charge in [0.2, 0.25) is 0 Å². The molecule has 90 valence electrons. The average Bonchev–Trinajstić information content (AvgIpc) is 2.28. The second-order valence-corrected chi connectivity index (χ2v) is 3.60. The fourth-order valence-electron chi connectivity index (χ4n) is 1.20. The molecule has 1 N–H and O–H groups in total. The Morgan fingerprint density at radius 2 is 1.75 bits per heavy atom. The minimum Gasteiger partial charge on any atom is -0.380 e. The fraction of sp³-hybridized carbons (Fsp3) is 0.455. The van der Waals surface area contributed by atoms with Crippen LogP contribution in [-0.4, -0.2) is 19.3 Å². The van der Waals surface area contributed by atoms with Crippen molar-refractivity contribution in [3.05, 3.63) is 29.6 Å². The first-order valence-electron chi connectivity index (χ1n) is 4.90. The standard InChI is InChI=1S/C11H14F3NO/c1-6(7(2)16-3)15-9-5-4-8(12)10(13)11(9)14/h4-7,15H,1-3H3. The minimum atomic E-state index is -1.47. The van der Waals surface area contributed by atoms with Crippen molar-refractivity contribution >= 4 is 5.69 Å². The van der Waals surface area contributed by atoms with E-state index < -0.39 is 17.5 Å². The first kappa shape index (κ1) is 12.8. The Hall–Kier alpha value is -1.23. The third-order valence-electron chi connectivity index (χ3n) is 2.49. The molecular weight excluding hydrogens is 219 g/mol. The van der Waals surface area contributed by atoms with Crippen LogP contribution < -0.4 is 5.32 Å². The van der Waals surface area contributed by atoms with Gasteiger partial charge in [-0.2, -0.15) is 0 Å². The zero-order valence-electron chi connectivity index (χ0n) is 9.35. The number of rotatable bonds is 4. The summed E-state index contributed by atoms with van der Waals surface area (Å²) in [5.74, 6) is -3.88. The second kappa shape index (κ2) is 5.21. The molecule has 0 bridgehead atoms. The summed E-state index contributed by atoms with van der Waals surface area (Å²) in [6, 6.07) is 1.82. The molecule has 0 aliphatic carbocycles. The average molecular weight is 233 g/mol. The van der Waals surface area contributed by atoms with Crippen LogP contribution in [0, 0.1) is 17.5 Å². The van der Waals surface area contributed by atoms with Crippen LogP contribution >= 0.6 is 0 Å². The van der Waals surface area contributed by atoms with Crippen LogP contribution in [-0.2, 0) is 4.74 Å². The van der Waals surface area contributed by atoms with E-state index >= 15 is 0 Å². The summed E-state index contributed by atoms with van der Waals surface area (Å²) in [4.78, 5) is 0. The normalized spacial score (nSPS) is 14.6. The largest absolute Gasteiger partial charge is 0.380 e. The molecule has 2 unspecified atom stereocenters. The highest BCUT2D eigenvalue weighted by molar-refractivity contribution is 5.46. The molecule has 2 nitrogen and oxygen atoms in total. The van der Waals surface area contributed by atoms with E-state index in [1.54, 1.807) is 13.8 Å². The maximum absolute atomic E-state index is 13.3. The molecule has 0 aliphatic rings. The summed E-state index contributed by atoms with van der Waals surface area (Å²) in [6.07, 6.45) is -0.174. The fourth-order valence-corrected chi connectivity index (χ4v) is 1.20. The van der Waals surface area contributed by atoms with E-state index in [0.717, 1.165) is 12.1 Å². The molecule has 1 aromatic rings. The molecule has 0 aromatic heterocycles. The monoisotopic (exact) mass is 233 g/mol. The van der Waals surface area contributed by atoms with E-state index in [9.17, 15) is 13.2 Å². The van der Waals surface area contributed by atoms with Gasteiger partial charge in [-0.05, 0) is 26.0 Å². The van der Waals surface area contributed by atoms with Crippen molar-refractivity contribution in [3.63, 3.8) is 0 Å². The lowest BCUT2D eigenvalue weighted by Crippen LogP contribution is -2.30. The number of hydrogen-bond donors (Lipinski definition) is 1. The van der Waals surface area contributed by atoms with Crippen molar-refractivity contribution in [2.45, 2.75) is 26.0 Å². The molecule has 1 rings (SSSR count). The topological polar surface area (TPSA) is 21.3 Å². The van der Waals surface area contributed by atoms with Crippen molar-refractivity contribution < 1.29 is 17.9 Å². The molecule has 0 aliphatic heterocycles. The molecule has 0 saturated carbocycles. The van der Waals surface area contributed by atoms with Gasteiger partial charge in [-0.3, -0.25) is 0 Å². The van der Waals surface area contributed by atoms with Crippen LogP contribution in [0.25, 0.3) is 0 Å². The van der Waals surface area contributed by atoms with E-state index in [1.807, 2.05) is 0 Å². The maximum atomic E-state index is 13.3. The molecule has 1 aromatic carbocycles. The smallest absolute Gasteiger partial charge is 0.196 e. The predicted molar refractivity (Wildman–Crippen MR) is 55.9 cm³/mol. The highest BCUT2D eigenvalue weighted by Crippen LogP contribution is 2.20. The number of ether oxygens (including phenoxy) is 1. The predicted octanol–water partition coefficient (Wildman–Crippen LogP) is 2.94. The lowest BCUT2D eigenvalue weighted by molar-refractivity contribution is 0.106. The van der Waals surface area contributed by atoms with Crippen LogP contribution in [0.5, 0.6) is 0 Å². The molecule has 16 heavy (non-hydrogen) atoms. The first-order chi connectivity index (χ1) is 7.47. The van der Waals surface area contributed by atoms with Crippen molar-refractivity contribution in [3.8, 4) is 0 Å². The van der Waals surface area contributed by atoms with Gasteiger partial charge in [0.05, 0.1) is 11.8 Å². The van der Waals surface area contributed by atoms with Crippen molar-refractivity contribution in [2.75, 3.05) is 12.4 Å². The minimum absolute atomic E-state index is 0.0738. The summed E-state index contributed by atoms with van der Waals surface area (Å²) in [6.45, 7) is 3.55. The van der Waals surface area contributed by atoms with E-state index in [0.29, 0.717) is 0 Å². The molecule has 0 spiro atoms. The van der Waals surface area contributed by atoms with Gasteiger partial charge in [-0.1, -0.05) is 0 Å². The van der Waals surface area contributed by atoms with Gasteiger partial charge in [0, 0.05) is 13.2 Å². The van der Waals surface area contributed by atoms with Crippen LogP contribution in [0.2, 0.25) is 0 Å². The summed E-state index contributed by atoms with van der Waals surface area (Å²) in [7, 11) is 1.52. The van der Waals surface area contributed by atoms with Gasteiger partial charge in [0.1, 0.15) is 0 Å². The number of anilines is 1. The van der Waals surface area contributed by atoms with Crippen molar-refractivity contribution in [1.29, 1.82) is 0 Å². The van der Waals surface area contributed by atoms with Gasteiger partial charge in [-0.15, -0.1) is 0 Å². The molecule has 0 radical (unpaired) electrons. The molecule has 2 atom stereocenters. The van der Waals surface area contributed by atoms with Gasteiger partial charge in [0.25, 0.3) is 0 Å². The summed E-state index contributed by atoms with van der Waals surface area (Å²) in [5, 5.41) is 2.72. The Morgan fingerprint density at radius 3 is 2.31 bits per heavy atom. The maximum Gasteiger partial charge on any atom is 0.196 e. The lowest BCUT2D eigenvalue weighted by atomic mass is 10.2. The molecule has 0 fully saturated rings. The zero-order chi connectivity index (χ0) is 12.3. The van der Waals surface area contributed by atoms with Crippen LogP contribution in [0.3, 0.4) is 0 Å². The summed E-state index contributed by atoms with van der Waals surface area (Å²) < 4.78 is 43.9. The van der Waals surface area contributed by atoms with Crippen molar-refractivity contribution in [2.24, 2.45) is 0 Å². The summed E-state index contributed by atoms with van der Waals surface area (Å²) in [5.41, 5.74) is -0.0738. The van der Waals surface area contributed by atoms with Crippen LogP contribution in [0.4, 0.5) is 18.9 Å². The Kier molecular flexibility index (Phi) is 4.18. The van der Waals surface area contributed by atoms with Gasteiger partial charge in [-0.25, -0.2) is 13.2 Å². The Balaban J connectivity index is 2.86. The number of benzene rings is 1. The molecular formula is C11H14F3NO. The van der Waals surface area contributed by atoms with E-state index in [-0.39, 0.29) is 17.8 Å². The molecule has 5 heteroatoms. The van der Waals surface area contributed by atoms with Gasteiger partial charge in [0.15, 0.2) is 17.5 Å². The van der Waals surface area contributed by atoms with Crippen LogP contribution in [0.1, 0.15) is 13.8 Å². The summed E-state index contributed by atoms with van der Waals surface area (Å²) >= 11 is 0. The zero-order valence-corrected chi connectivity index (χ0v) is 9.35. The highest BCUT2D eigenvalue weighted by atomic mass is 19.2. The quantitative estimate of drug-likeness (QED) is 0.807. The highest BCUT2D eigenvalue weighted by Gasteiger charge is 2.17. The molecule has 0 saturated heterocycles. The third-order valence-corrected chi connectivity index (χ3v) is 2.49. The number of halogens is 3. The van der Waals surface area contributed by atoms with Crippen molar-refractivity contribution in [1.82, 2.24) is 0 Å². The third kappa shape index (κ3) is 2.66. The first-order valence-corrected chi connectivity index (χ1v) is 4.90. The molecule has 0 heterocycles. The second-order valence-electron chi connectivity index (χ2n) is 3.60. The van der Waals surface area contributed by atoms with E-state index in [4.69, 9.17) is 4.74 Å². The Labute approximate surface area is 92.4 Å². The Bertz CT molecular complexity index is 370. The van der Waals surface area contributed by atoms with E-state index in [1.165, 1.54) is 7.11 Å². The number of nitrogens with one attached hydrogen (secondary N) is 1. The molecule has 0 amide bonds. The van der Waals surface area contributed by atoms with E-state index in [2.05, 4.69) is 5.32 Å². The Morgan fingerprint density at radius 1 is 1.12 bits per heavy atom.